The molecule has 2 amide bonds. The first-order valence-corrected chi connectivity index (χ1v) is 15.2. The molecule has 3 aromatic heterocycles. The minimum atomic E-state index is -0.556. The van der Waals surface area contributed by atoms with E-state index in [4.69, 9.17) is 20.6 Å². The van der Waals surface area contributed by atoms with Crippen molar-refractivity contribution in [2.45, 2.75) is 64.6 Å². The van der Waals surface area contributed by atoms with Crippen LogP contribution in [0, 0.1) is 11.7 Å². The molecule has 2 N–H and O–H groups in total. The third-order valence-corrected chi connectivity index (χ3v) is 8.74. The van der Waals surface area contributed by atoms with E-state index < -0.39 is 11.7 Å². The Morgan fingerprint density at radius 3 is 2.52 bits per heavy atom. The zero-order valence-electron chi connectivity index (χ0n) is 24.9. The summed E-state index contributed by atoms with van der Waals surface area (Å²) in [6.45, 7) is 6.15. The number of rotatable bonds is 8. The van der Waals surface area contributed by atoms with Crippen LogP contribution in [0.3, 0.4) is 0 Å². The lowest BCUT2D eigenvalue weighted by Crippen LogP contribution is -2.38. The Morgan fingerprint density at radius 2 is 1.84 bits per heavy atom. The summed E-state index contributed by atoms with van der Waals surface area (Å²) in [6.07, 6.45) is 9.10. The molecule has 228 valence electrons. The predicted octanol–water partition coefficient (Wildman–Crippen LogP) is 4.05. The Morgan fingerprint density at radius 1 is 1.09 bits per heavy atom. The molecule has 2 fully saturated rings. The van der Waals surface area contributed by atoms with E-state index in [2.05, 4.69) is 28.7 Å². The quantitative estimate of drug-likeness (QED) is 0.321. The summed E-state index contributed by atoms with van der Waals surface area (Å²) in [6, 6.07) is 6.42. The highest BCUT2D eigenvalue weighted by Gasteiger charge is 2.34. The molecule has 44 heavy (non-hydrogen) atoms. The normalized spacial score (nSPS) is 17.7. The fraction of sp³-hybridized carbons (Fsp3) is 0.438. The summed E-state index contributed by atoms with van der Waals surface area (Å²) in [5.74, 6) is -0.365. The van der Waals surface area contributed by atoms with Crippen molar-refractivity contribution in [2.75, 3.05) is 24.6 Å². The van der Waals surface area contributed by atoms with Gasteiger partial charge in [-0.3, -0.25) is 14.5 Å². The summed E-state index contributed by atoms with van der Waals surface area (Å²) >= 11 is 0. The molecule has 0 spiro atoms. The average molecular weight is 599 g/mol. The van der Waals surface area contributed by atoms with Crippen LogP contribution in [-0.4, -0.2) is 67.2 Å². The second kappa shape index (κ2) is 11.2. The zero-order chi connectivity index (χ0) is 30.5. The number of aromatic nitrogens is 5. The number of nitrogens with two attached hydrogens (primary N) is 1. The molecular weight excluding hydrogens is 563 g/mol. The molecule has 3 aliphatic rings. The Bertz CT molecular complexity index is 1740. The van der Waals surface area contributed by atoms with Gasteiger partial charge in [-0.1, -0.05) is 19.9 Å². The van der Waals surface area contributed by atoms with E-state index in [0.29, 0.717) is 46.1 Å². The van der Waals surface area contributed by atoms with Crippen molar-refractivity contribution < 1.29 is 18.7 Å². The van der Waals surface area contributed by atoms with Crippen LogP contribution in [0.2, 0.25) is 0 Å². The van der Waals surface area contributed by atoms with Crippen molar-refractivity contribution in [3.05, 3.63) is 59.7 Å². The number of likely N-dealkylation sites (tertiary alicyclic amines) is 1. The van der Waals surface area contributed by atoms with Gasteiger partial charge in [-0.25, -0.2) is 24.0 Å². The number of hydrogen-bond acceptors (Lipinski definition) is 8. The number of hydrogen-bond donors (Lipinski definition) is 1. The van der Waals surface area contributed by atoms with Crippen molar-refractivity contribution in [3.8, 4) is 16.9 Å². The van der Waals surface area contributed by atoms with Crippen LogP contribution in [-0.2, 0) is 17.8 Å². The number of ether oxygens (including phenoxy) is 1. The molecule has 12 heteroatoms. The Balaban J connectivity index is 1.31. The first kappa shape index (κ1) is 28.3. The van der Waals surface area contributed by atoms with Crippen molar-refractivity contribution in [1.29, 1.82) is 0 Å². The highest BCUT2D eigenvalue weighted by Crippen LogP contribution is 2.41. The molecule has 5 heterocycles. The molecule has 11 nitrogen and oxygen atoms in total. The lowest BCUT2D eigenvalue weighted by atomic mass is 9.92. The zero-order valence-corrected chi connectivity index (χ0v) is 24.9. The SMILES string of the molecule is CC(C)Cc1nc2c(cnn2C2CCN(C3CC3)CC2)c(-c2ccc3c(c2)OCC(=O)N3Cc2ncc(F)cn2)c1C(N)=O. The summed E-state index contributed by atoms with van der Waals surface area (Å²) in [7, 11) is 0. The van der Waals surface area contributed by atoms with E-state index in [1.807, 2.05) is 16.8 Å². The largest absolute Gasteiger partial charge is 0.482 e. The molecule has 7 rings (SSSR count). The van der Waals surface area contributed by atoms with E-state index in [9.17, 15) is 14.0 Å². The molecule has 0 radical (unpaired) electrons. The van der Waals surface area contributed by atoms with Crippen LogP contribution in [0.1, 0.15) is 67.4 Å². The standard InChI is InChI=1S/C32H35FN8O3/c1-18(2)11-24-30(31(34)43)29(23-15-37-41(32(23)38-24)22-7-9-39(10-8-22)21-4-5-21)19-3-6-25-26(12-19)44-17-28(42)40(25)16-27-35-13-20(33)14-36-27/h3,6,12-15,18,21-22H,4-5,7-11,16-17H2,1-2H3,(H2,34,43). The summed E-state index contributed by atoms with van der Waals surface area (Å²) < 4.78 is 21.3. The van der Waals surface area contributed by atoms with E-state index in [-0.39, 0.29) is 31.0 Å². The number of anilines is 1. The van der Waals surface area contributed by atoms with E-state index in [1.165, 1.54) is 17.7 Å². The second-order valence-corrected chi connectivity index (χ2v) is 12.4. The van der Waals surface area contributed by atoms with Gasteiger partial charge in [-0.05, 0) is 55.7 Å². The summed E-state index contributed by atoms with van der Waals surface area (Å²) in [4.78, 5) is 43.1. The molecule has 1 saturated carbocycles. The number of primary amides is 1. The molecular formula is C32H35FN8O3. The molecule has 1 saturated heterocycles. The minimum absolute atomic E-state index is 0.0612. The number of pyridine rings is 1. The van der Waals surface area contributed by atoms with Gasteiger partial charge in [0.05, 0.1) is 48.1 Å². The number of carbonyl (C=O) groups is 2. The number of amides is 2. The van der Waals surface area contributed by atoms with Crippen LogP contribution in [0.4, 0.5) is 10.1 Å². The first-order chi connectivity index (χ1) is 21.3. The fourth-order valence-corrected chi connectivity index (χ4v) is 6.50. The number of nitrogens with zero attached hydrogens (tertiary/aromatic N) is 7. The number of halogens is 1. The van der Waals surface area contributed by atoms with Crippen molar-refractivity contribution >= 4 is 28.5 Å². The maximum atomic E-state index is 13.4. The van der Waals surface area contributed by atoms with Gasteiger partial charge in [-0.2, -0.15) is 5.10 Å². The van der Waals surface area contributed by atoms with Crippen LogP contribution in [0.5, 0.6) is 5.75 Å². The van der Waals surface area contributed by atoms with Gasteiger partial charge in [0.15, 0.2) is 18.1 Å². The first-order valence-electron chi connectivity index (χ1n) is 15.2. The molecule has 0 bridgehead atoms. The molecule has 1 aromatic carbocycles. The molecule has 0 atom stereocenters. The Hall–Kier alpha value is -4.45. The summed E-state index contributed by atoms with van der Waals surface area (Å²) in [5, 5.41) is 5.58. The number of benzene rings is 1. The maximum absolute atomic E-state index is 13.4. The highest BCUT2D eigenvalue weighted by atomic mass is 19.1. The van der Waals surface area contributed by atoms with Gasteiger partial charge in [0, 0.05) is 30.1 Å². The van der Waals surface area contributed by atoms with Gasteiger partial charge < -0.3 is 15.4 Å². The molecule has 1 aliphatic carbocycles. The van der Waals surface area contributed by atoms with Crippen LogP contribution in [0.25, 0.3) is 22.2 Å². The lowest BCUT2D eigenvalue weighted by molar-refractivity contribution is -0.121. The van der Waals surface area contributed by atoms with E-state index in [1.54, 1.807) is 12.3 Å². The lowest BCUT2D eigenvalue weighted by Gasteiger charge is -2.32. The van der Waals surface area contributed by atoms with E-state index in [0.717, 1.165) is 55.4 Å². The number of carbonyl (C=O) groups excluding carboxylic acids is 2. The van der Waals surface area contributed by atoms with Gasteiger partial charge in [0.2, 0.25) is 0 Å². The number of fused-ring (bicyclic) bond motifs is 2. The highest BCUT2D eigenvalue weighted by molar-refractivity contribution is 6.09. The minimum Gasteiger partial charge on any atom is -0.482 e. The fourth-order valence-electron chi connectivity index (χ4n) is 6.50. The van der Waals surface area contributed by atoms with Gasteiger partial charge in [-0.15, -0.1) is 0 Å². The predicted molar refractivity (Wildman–Crippen MR) is 162 cm³/mol. The molecule has 2 aliphatic heterocycles. The Labute approximate surface area is 254 Å². The van der Waals surface area contributed by atoms with Gasteiger partial charge in [0.1, 0.15) is 11.6 Å². The maximum Gasteiger partial charge on any atom is 0.265 e. The number of piperidine rings is 1. The third-order valence-electron chi connectivity index (χ3n) is 8.74. The van der Waals surface area contributed by atoms with Crippen molar-refractivity contribution in [3.63, 3.8) is 0 Å². The second-order valence-electron chi connectivity index (χ2n) is 12.4. The smallest absolute Gasteiger partial charge is 0.265 e. The third kappa shape index (κ3) is 5.27. The molecule has 4 aromatic rings. The molecule has 0 unspecified atom stereocenters. The summed E-state index contributed by atoms with van der Waals surface area (Å²) in [5.41, 5.74) is 9.73. The van der Waals surface area contributed by atoms with Crippen molar-refractivity contribution in [2.24, 2.45) is 11.7 Å². The average Bonchev–Trinajstić information content (AvgIpc) is 3.78. The van der Waals surface area contributed by atoms with Crippen molar-refractivity contribution in [1.82, 2.24) is 29.6 Å². The monoisotopic (exact) mass is 598 g/mol. The Kier molecular flexibility index (Phi) is 7.23. The van der Waals surface area contributed by atoms with Crippen LogP contribution >= 0.6 is 0 Å². The van der Waals surface area contributed by atoms with Gasteiger partial charge >= 0.3 is 0 Å². The topological polar surface area (TPSA) is 132 Å². The van der Waals surface area contributed by atoms with E-state index >= 15 is 0 Å². The van der Waals surface area contributed by atoms with Gasteiger partial charge in [0.25, 0.3) is 11.8 Å². The van der Waals surface area contributed by atoms with Crippen LogP contribution < -0.4 is 15.4 Å². The van der Waals surface area contributed by atoms with Crippen LogP contribution in [0.15, 0.2) is 36.8 Å².